The summed E-state index contributed by atoms with van der Waals surface area (Å²) in [5, 5.41) is 0. The van der Waals surface area contributed by atoms with E-state index in [-0.39, 0.29) is 11.9 Å². The van der Waals surface area contributed by atoms with E-state index >= 15 is 0 Å². The average Bonchev–Trinajstić information content (AvgIpc) is 2.79. The maximum atomic E-state index is 11.5. The van der Waals surface area contributed by atoms with Crippen LogP contribution in [0.25, 0.3) is 0 Å². The number of pyridine rings is 1. The average molecular weight is 234 g/mol. The van der Waals surface area contributed by atoms with Crippen molar-refractivity contribution in [2.24, 2.45) is 0 Å². The van der Waals surface area contributed by atoms with E-state index in [1.807, 2.05) is 30.2 Å². The molecule has 1 amide bonds. The molecule has 1 unspecified atom stereocenters. The number of hydrogen-bond acceptors (Lipinski definition) is 3. The van der Waals surface area contributed by atoms with E-state index in [1.165, 1.54) is 0 Å². The Kier molecular flexibility index (Phi) is 3.61. The molecule has 0 bridgehead atoms. The van der Waals surface area contributed by atoms with Gasteiger partial charge in [-0.3, -0.25) is 4.79 Å². The van der Waals surface area contributed by atoms with E-state index in [0.29, 0.717) is 12.5 Å². The molecule has 1 aromatic heterocycles. The number of rotatable bonds is 3. The predicted octanol–water partition coefficient (Wildman–Crippen LogP) is 2.16. The van der Waals surface area contributed by atoms with E-state index in [9.17, 15) is 4.79 Å². The Labute approximate surface area is 102 Å². The van der Waals surface area contributed by atoms with Crippen LogP contribution < -0.4 is 4.74 Å². The largest absolute Gasteiger partial charge is 0.478 e. The summed E-state index contributed by atoms with van der Waals surface area (Å²) in [4.78, 5) is 17.6. The molecular formula is C13H18N2O2. The van der Waals surface area contributed by atoms with Crippen molar-refractivity contribution in [3.8, 4) is 5.88 Å². The Morgan fingerprint density at radius 2 is 2.41 bits per heavy atom. The second kappa shape index (κ2) is 5.17. The van der Waals surface area contributed by atoms with Crippen molar-refractivity contribution in [2.45, 2.75) is 32.7 Å². The van der Waals surface area contributed by atoms with Gasteiger partial charge >= 0.3 is 0 Å². The smallest absolute Gasteiger partial charge is 0.219 e. The lowest BCUT2D eigenvalue weighted by molar-refractivity contribution is -0.129. The van der Waals surface area contributed by atoms with Crippen molar-refractivity contribution in [3.05, 3.63) is 23.9 Å². The van der Waals surface area contributed by atoms with Gasteiger partial charge in [0, 0.05) is 25.7 Å². The fourth-order valence-corrected chi connectivity index (χ4v) is 2.31. The first kappa shape index (κ1) is 11.9. The van der Waals surface area contributed by atoms with Crippen molar-refractivity contribution in [3.63, 3.8) is 0 Å². The summed E-state index contributed by atoms with van der Waals surface area (Å²) in [6.45, 7) is 5.03. The molecule has 1 saturated heterocycles. The topological polar surface area (TPSA) is 42.4 Å². The normalized spacial score (nSPS) is 19.4. The molecular weight excluding hydrogens is 216 g/mol. The molecule has 0 aromatic carbocycles. The molecule has 1 aromatic rings. The summed E-state index contributed by atoms with van der Waals surface area (Å²) in [6.07, 6.45) is 3.91. The minimum atomic E-state index is 0.140. The molecule has 0 saturated carbocycles. The molecule has 1 atom stereocenters. The number of amides is 1. The van der Waals surface area contributed by atoms with Gasteiger partial charge < -0.3 is 9.64 Å². The van der Waals surface area contributed by atoms with Crippen LogP contribution in [0.2, 0.25) is 0 Å². The Bertz CT molecular complexity index is 389. The zero-order chi connectivity index (χ0) is 12.3. The molecule has 0 spiro atoms. The Balaban J connectivity index is 2.13. The highest BCUT2D eigenvalue weighted by Gasteiger charge is 2.27. The summed E-state index contributed by atoms with van der Waals surface area (Å²) >= 11 is 0. The first-order valence-electron chi connectivity index (χ1n) is 6.08. The van der Waals surface area contributed by atoms with Crippen molar-refractivity contribution in [2.75, 3.05) is 13.2 Å². The van der Waals surface area contributed by atoms with Crippen LogP contribution in [0.15, 0.2) is 18.3 Å². The van der Waals surface area contributed by atoms with Gasteiger partial charge in [-0.15, -0.1) is 0 Å². The molecule has 0 aliphatic carbocycles. The number of carbonyl (C=O) groups excluding carboxylic acids is 1. The van der Waals surface area contributed by atoms with Crippen LogP contribution in [0.1, 0.15) is 38.3 Å². The van der Waals surface area contributed by atoms with Crippen molar-refractivity contribution >= 4 is 5.91 Å². The molecule has 4 nitrogen and oxygen atoms in total. The summed E-state index contributed by atoms with van der Waals surface area (Å²) in [5.74, 6) is 0.782. The van der Waals surface area contributed by atoms with Gasteiger partial charge in [0.25, 0.3) is 0 Å². The van der Waals surface area contributed by atoms with Crippen LogP contribution >= 0.6 is 0 Å². The summed E-state index contributed by atoms with van der Waals surface area (Å²) in [7, 11) is 0. The summed E-state index contributed by atoms with van der Waals surface area (Å²) in [5.41, 5.74) is 1.10. The fraction of sp³-hybridized carbons (Fsp3) is 0.538. The molecule has 1 fully saturated rings. The lowest BCUT2D eigenvalue weighted by atomic mass is 10.1. The van der Waals surface area contributed by atoms with Crippen molar-refractivity contribution < 1.29 is 9.53 Å². The fourth-order valence-electron chi connectivity index (χ4n) is 2.31. The highest BCUT2D eigenvalue weighted by Crippen LogP contribution is 2.31. The quantitative estimate of drug-likeness (QED) is 0.805. The van der Waals surface area contributed by atoms with Crippen LogP contribution in [-0.2, 0) is 4.79 Å². The van der Waals surface area contributed by atoms with Gasteiger partial charge in [0.1, 0.15) is 0 Å². The second-order valence-electron chi connectivity index (χ2n) is 4.23. The molecule has 1 aliphatic rings. The van der Waals surface area contributed by atoms with Crippen LogP contribution in [0.3, 0.4) is 0 Å². The van der Waals surface area contributed by atoms with Crippen molar-refractivity contribution in [1.29, 1.82) is 0 Å². The summed E-state index contributed by atoms with van der Waals surface area (Å²) < 4.78 is 5.31. The number of hydrogen-bond donors (Lipinski definition) is 0. The van der Waals surface area contributed by atoms with Gasteiger partial charge in [0.05, 0.1) is 12.6 Å². The number of ether oxygens (including phenoxy) is 1. The van der Waals surface area contributed by atoms with E-state index < -0.39 is 0 Å². The van der Waals surface area contributed by atoms with Crippen molar-refractivity contribution in [1.82, 2.24) is 9.88 Å². The van der Waals surface area contributed by atoms with Gasteiger partial charge in [-0.05, 0) is 25.3 Å². The van der Waals surface area contributed by atoms with E-state index in [0.717, 1.165) is 24.9 Å². The monoisotopic (exact) mass is 234 g/mol. The van der Waals surface area contributed by atoms with Crippen LogP contribution in [0, 0.1) is 0 Å². The van der Waals surface area contributed by atoms with Gasteiger partial charge in [-0.25, -0.2) is 4.98 Å². The van der Waals surface area contributed by atoms with Crippen LogP contribution in [0.5, 0.6) is 5.88 Å². The van der Waals surface area contributed by atoms with Gasteiger partial charge in [0.2, 0.25) is 11.8 Å². The van der Waals surface area contributed by atoms with E-state index in [1.54, 1.807) is 6.92 Å². The van der Waals surface area contributed by atoms with Crippen LogP contribution in [0.4, 0.5) is 0 Å². The van der Waals surface area contributed by atoms with Crippen LogP contribution in [-0.4, -0.2) is 28.9 Å². The third-order valence-corrected chi connectivity index (χ3v) is 3.09. The molecule has 1 aliphatic heterocycles. The maximum absolute atomic E-state index is 11.5. The Hall–Kier alpha value is -1.58. The second-order valence-corrected chi connectivity index (χ2v) is 4.23. The molecule has 92 valence electrons. The van der Waals surface area contributed by atoms with E-state index in [4.69, 9.17) is 4.74 Å². The Morgan fingerprint density at radius 3 is 3.00 bits per heavy atom. The third kappa shape index (κ3) is 2.57. The third-order valence-electron chi connectivity index (χ3n) is 3.09. The van der Waals surface area contributed by atoms with E-state index in [2.05, 4.69) is 4.98 Å². The SMILES string of the molecule is CCOc1ccc(C2CCCN2C(C)=O)cn1. The number of carbonyl (C=O) groups is 1. The minimum Gasteiger partial charge on any atom is -0.478 e. The summed E-state index contributed by atoms with van der Waals surface area (Å²) in [6, 6.07) is 4.06. The standard InChI is InChI=1S/C13H18N2O2/c1-3-17-13-7-6-11(9-14-13)12-5-4-8-15(12)10(2)16/h6-7,9,12H,3-5,8H2,1-2H3. The Morgan fingerprint density at radius 1 is 1.59 bits per heavy atom. The van der Waals surface area contributed by atoms with Gasteiger partial charge in [-0.2, -0.15) is 0 Å². The first-order valence-corrected chi connectivity index (χ1v) is 6.08. The zero-order valence-electron chi connectivity index (χ0n) is 10.3. The molecule has 2 rings (SSSR count). The molecule has 0 radical (unpaired) electrons. The minimum absolute atomic E-state index is 0.140. The zero-order valence-corrected chi connectivity index (χ0v) is 10.3. The molecule has 2 heterocycles. The first-order chi connectivity index (χ1) is 8.22. The highest BCUT2D eigenvalue weighted by atomic mass is 16.5. The maximum Gasteiger partial charge on any atom is 0.219 e. The van der Waals surface area contributed by atoms with Gasteiger partial charge in [-0.1, -0.05) is 6.07 Å². The lowest BCUT2D eigenvalue weighted by Gasteiger charge is -2.23. The molecule has 17 heavy (non-hydrogen) atoms. The van der Waals surface area contributed by atoms with Gasteiger partial charge in [0.15, 0.2) is 0 Å². The highest BCUT2D eigenvalue weighted by molar-refractivity contribution is 5.74. The molecule has 0 N–H and O–H groups in total. The number of likely N-dealkylation sites (tertiary alicyclic amines) is 1. The number of nitrogens with zero attached hydrogens (tertiary/aromatic N) is 2. The predicted molar refractivity (Wildman–Crippen MR) is 64.8 cm³/mol. The lowest BCUT2D eigenvalue weighted by Crippen LogP contribution is -2.28. The molecule has 4 heteroatoms. The number of aromatic nitrogens is 1.